The maximum Gasteiger partial charge on any atom is 0.0581 e. The Hall–Kier alpha value is -0.0800. The fourth-order valence-electron chi connectivity index (χ4n) is 3.12. The van der Waals surface area contributed by atoms with Crippen LogP contribution in [0.25, 0.3) is 0 Å². The first kappa shape index (κ1) is 11.4. The number of rotatable bonds is 4. The molecule has 2 rings (SSSR count). The van der Waals surface area contributed by atoms with Gasteiger partial charge in [-0.25, -0.2) is 0 Å². The molecule has 2 saturated carbocycles. The molecule has 2 nitrogen and oxygen atoms in total. The van der Waals surface area contributed by atoms with E-state index >= 15 is 0 Å². The van der Waals surface area contributed by atoms with E-state index in [9.17, 15) is 0 Å². The summed E-state index contributed by atoms with van der Waals surface area (Å²) in [5.74, 6) is 0.851. The maximum atomic E-state index is 6.19. The summed E-state index contributed by atoms with van der Waals surface area (Å²) >= 11 is 0. The molecule has 0 bridgehead atoms. The summed E-state index contributed by atoms with van der Waals surface area (Å²) in [5, 5.41) is 0. The van der Waals surface area contributed by atoms with Crippen molar-refractivity contribution in [2.24, 2.45) is 11.7 Å². The van der Waals surface area contributed by atoms with Crippen LogP contribution in [-0.2, 0) is 4.74 Å². The number of hydrogen-bond acceptors (Lipinski definition) is 2. The van der Waals surface area contributed by atoms with Gasteiger partial charge < -0.3 is 10.5 Å². The monoisotopic (exact) mass is 211 g/mol. The van der Waals surface area contributed by atoms with Crippen molar-refractivity contribution in [2.45, 2.75) is 70.0 Å². The van der Waals surface area contributed by atoms with Crippen molar-refractivity contribution in [3.05, 3.63) is 0 Å². The summed E-state index contributed by atoms with van der Waals surface area (Å²) in [5.41, 5.74) is 5.60. The van der Waals surface area contributed by atoms with Crippen LogP contribution in [-0.4, -0.2) is 18.8 Å². The van der Waals surface area contributed by atoms with E-state index in [-0.39, 0.29) is 0 Å². The summed E-state index contributed by atoms with van der Waals surface area (Å²) < 4.78 is 6.19. The standard InChI is InChI=1S/C13H25NO/c14-9-8-11-6-7-13(10-11)15-12-4-2-1-3-5-12/h11-13H,1-10,14H2. The Balaban J connectivity index is 1.67. The largest absolute Gasteiger partial charge is 0.375 e. The Morgan fingerprint density at radius 1 is 0.933 bits per heavy atom. The predicted molar refractivity (Wildman–Crippen MR) is 62.8 cm³/mol. The molecule has 2 unspecified atom stereocenters. The molecule has 0 aliphatic heterocycles. The van der Waals surface area contributed by atoms with Crippen molar-refractivity contribution >= 4 is 0 Å². The molecule has 0 saturated heterocycles. The molecule has 2 aliphatic rings. The lowest BCUT2D eigenvalue weighted by atomic mass is 9.97. The predicted octanol–water partition coefficient (Wildman–Crippen LogP) is 2.85. The summed E-state index contributed by atoms with van der Waals surface area (Å²) in [7, 11) is 0. The van der Waals surface area contributed by atoms with Gasteiger partial charge in [0.2, 0.25) is 0 Å². The number of hydrogen-bond donors (Lipinski definition) is 1. The van der Waals surface area contributed by atoms with Gasteiger partial charge in [-0.2, -0.15) is 0 Å². The van der Waals surface area contributed by atoms with Crippen LogP contribution in [0.5, 0.6) is 0 Å². The van der Waals surface area contributed by atoms with Crippen molar-refractivity contribution < 1.29 is 4.74 Å². The van der Waals surface area contributed by atoms with Gasteiger partial charge in [0.05, 0.1) is 12.2 Å². The first-order chi connectivity index (χ1) is 7.38. The van der Waals surface area contributed by atoms with Gasteiger partial charge in [0, 0.05) is 0 Å². The van der Waals surface area contributed by atoms with E-state index in [1.807, 2.05) is 0 Å². The molecular weight excluding hydrogens is 186 g/mol. The van der Waals surface area contributed by atoms with Crippen molar-refractivity contribution in [1.82, 2.24) is 0 Å². The molecule has 0 spiro atoms. The molecule has 2 aliphatic carbocycles. The van der Waals surface area contributed by atoms with Gasteiger partial charge in [-0.05, 0) is 51.0 Å². The van der Waals surface area contributed by atoms with Crippen molar-refractivity contribution in [2.75, 3.05) is 6.54 Å². The van der Waals surface area contributed by atoms with Gasteiger partial charge in [-0.15, -0.1) is 0 Å². The second-order valence-electron chi connectivity index (χ2n) is 5.27. The first-order valence-electron chi connectivity index (χ1n) is 6.74. The molecular formula is C13H25NO. The molecule has 2 fully saturated rings. The molecule has 0 aromatic carbocycles. The molecule has 0 amide bonds. The van der Waals surface area contributed by atoms with Crippen LogP contribution in [0, 0.1) is 5.92 Å². The fourth-order valence-corrected chi connectivity index (χ4v) is 3.12. The van der Waals surface area contributed by atoms with Gasteiger partial charge in [0.15, 0.2) is 0 Å². The summed E-state index contributed by atoms with van der Waals surface area (Å²) in [6.07, 6.45) is 13.0. The molecule has 0 aromatic rings. The molecule has 2 N–H and O–H groups in total. The lowest BCUT2D eigenvalue weighted by Crippen LogP contribution is -2.22. The lowest BCUT2D eigenvalue weighted by molar-refractivity contribution is -0.0276. The highest BCUT2D eigenvalue weighted by Gasteiger charge is 2.27. The molecule has 0 aromatic heterocycles. The van der Waals surface area contributed by atoms with Crippen molar-refractivity contribution in [1.29, 1.82) is 0 Å². The molecule has 0 heterocycles. The van der Waals surface area contributed by atoms with Crippen LogP contribution in [0.1, 0.15) is 57.8 Å². The highest BCUT2D eigenvalue weighted by atomic mass is 16.5. The third kappa shape index (κ3) is 3.46. The van der Waals surface area contributed by atoms with Crippen LogP contribution in [0.4, 0.5) is 0 Å². The quantitative estimate of drug-likeness (QED) is 0.776. The van der Waals surface area contributed by atoms with Gasteiger partial charge in [-0.1, -0.05) is 19.3 Å². The van der Waals surface area contributed by atoms with E-state index in [0.29, 0.717) is 12.2 Å². The van der Waals surface area contributed by atoms with E-state index < -0.39 is 0 Å². The molecule has 15 heavy (non-hydrogen) atoms. The minimum absolute atomic E-state index is 0.560. The first-order valence-corrected chi connectivity index (χ1v) is 6.74. The lowest BCUT2D eigenvalue weighted by Gasteiger charge is -2.25. The zero-order valence-electron chi connectivity index (χ0n) is 9.79. The third-order valence-electron chi connectivity index (χ3n) is 4.01. The van der Waals surface area contributed by atoms with Crippen LogP contribution in [0.2, 0.25) is 0 Å². The Bertz CT molecular complexity index is 177. The van der Waals surface area contributed by atoms with E-state index in [0.717, 1.165) is 12.5 Å². The Morgan fingerprint density at radius 3 is 2.47 bits per heavy atom. The zero-order valence-corrected chi connectivity index (χ0v) is 9.79. The maximum absolute atomic E-state index is 6.19. The smallest absolute Gasteiger partial charge is 0.0581 e. The normalized spacial score (nSPS) is 33.4. The average Bonchev–Trinajstić information content (AvgIpc) is 2.68. The Morgan fingerprint density at radius 2 is 1.73 bits per heavy atom. The summed E-state index contributed by atoms with van der Waals surface area (Å²) in [6, 6.07) is 0. The minimum Gasteiger partial charge on any atom is -0.375 e. The SMILES string of the molecule is NCCC1CCC(OC2CCCCC2)C1. The molecule has 0 radical (unpaired) electrons. The van der Waals surface area contributed by atoms with Crippen molar-refractivity contribution in [3.8, 4) is 0 Å². The highest BCUT2D eigenvalue weighted by Crippen LogP contribution is 2.32. The zero-order chi connectivity index (χ0) is 10.5. The topological polar surface area (TPSA) is 35.2 Å². The van der Waals surface area contributed by atoms with Crippen molar-refractivity contribution in [3.63, 3.8) is 0 Å². The third-order valence-corrected chi connectivity index (χ3v) is 4.01. The van der Waals surface area contributed by atoms with Crippen LogP contribution in [0.15, 0.2) is 0 Å². The van der Waals surface area contributed by atoms with Gasteiger partial charge in [0.25, 0.3) is 0 Å². The van der Waals surface area contributed by atoms with Gasteiger partial charge in [0.1, 0.15) is 0 Å². The van der Waals surface area contributed by atoms with E-state index in [4.69, 9.17) is 10.5 Å². The number of ether oxygens (including phenoxy) is 1. The Labute approximate surface area is 93.6 Å². The van der Waals surface area contributed by atoms with Crippen LogP contribution in [0.3, 0.4) is 0 Å². The summed E-state index contributed by atoms with van der Waals surface area (Å²) in [4.78, 5) is 0. The number of nitrogens with two attached hydrogens (primary N) is 1. The minimum atomic E-state index is 0.560. The van der Waals surface area contributed by atoms with E-state index in [1.54, 1.807) is 0 Å². The fraction of sp³-hybridized carbons (Fsp3) is 1.00. The molecule has 2 heteroatoms. The second kappa shape index (κ2) is 5.86. The van der Waals surface area contributed by atoms with Gasteiger partial charge in [-0.3, -0.25) is 0 Å². The molecule has 2 atom stereocenters. The van der Waals surface area contributed by atoms with Crippen LogP contribution >= 0.6 is 0 Å². The second-order valence-corrected chi connectivity index (χ2v) is 5.27. The average molecular weight is 211 g/mol. The Kier molecular flexibility index (Phi) is 4.45. The van der Waals surface area contributed by atoms with E-state index in [2.05, 4.69) is 0 Å². The summed E-state index contributed by atoms with van der Waals surface area (Å²) in [6.45, 7) is 0.848. The molecule has 88 valence electrons. The van der Waals surface area contributed by atoms with E-state index in [1.165, 1.54) is 57.8 Å². The highest BCUT2D eigenvalue weighted by molar-refractivity contribution is 4.78. The van der Waals surface area contributed by atoms with Gasteiger partial charge >= 0.3 is 0 Å². The van der Waals surface area contributed by atoms with Crippen LogP contribution < -0.4 is 5.73 Å².